The summed E-state index contributed by atoms with van der Waals surface area (Å²) in [4.78, 5) is 41.7. The van der Waals surface area contributed by atoms with Gasteiger partial charge in [-0.2, -0.15) is 0 Å². The number of fused-ring (bicyclic) bond motifs is 4. The van der Waals surface area contributed by atoms with Crippen LogP contribution in [-0.2, 0) is 15.2 Å². The molecule has 3 aliphatic rings. The van der Waals surface area contributed by atoms with Gasteiger partial charge >= 0.3 is 6.16 Å². The minimum Gasteiger partial charge on any atom is -0.492 e. The molecule has 12 heteroatoms. The van der Waals surface area contributed by atoms with Crippen LogP contribution >= 0.6 is 11.8 Å². The topological polar surface area (TPSA) is 90.3 Å². The van der Waals surface area contributed by atoms with Crippen LogP contribution < -0.4 is 15.2 Å². The van der Waals surface area contributed by atoms with Gasteiger partial charge in [0.15, 0.2) is 23.5 Å². The first-order chi connectivity index (χ1) is 19.7. The molecule has 0 radical (unpaired) electrons. The highest BCUT2D eigenvalue weighted by molar-refractivity contribution is 7.98. The van der Waals surface area contributed by atoms with E-state index in [9.17, 15) is 18.8 Å². The first-order valence-electron chi connectivity index (χ1n) is 12.9. The number of amides is 1. The van der Waals surface area contributed by atoms with Crippen molar-refractivity contribution < 1.29 is 32.6 Å². The van der Waals surface area contributed by atoms with Gasteiger partial charge in [0, 0.05) is 28.5 Å². The average Bonchev–Trinajstić information content (AvgIpc) is 3.10. The van der Waals surface area contributed by atoms with Crippen molar-refractivity contribution >= 4 is 23.8 Å². The lowest BCUT2D eigenvalue weighted by molar-refractivity contribution is 0.0175. The van der Waals surface area contributed by atoms with Crippen LogP contribution in [0.3, 0.4) is 0 Å². The summed E-state index contributed by atoms with van der Waals surface area (Å²) in [7, 11) is 0. The summed E-state index contributed by atoms with van der Waals surface area (Å²) in [5.41, 5.74) is 0.451. The summed E-state index contributed by atoms with van der Waals surface area (Å²) in [6.45, 7) is 7.57. The average molecular weight is 582 g/mol. The molecule has 9 nitrogen and oxygen atoms in total. The lowest BCUT2D eigenvalue weighted by Crippen LogP contribution is -2.65. The van der Waals surface area contributed by atoms with Crippen molar-refractivity contribution in [2.45, 2.75) is 42.8 Å². The zero-order chi connectivity index (χ0) is 29.0. The molecule has 1 saturated heterocycles. The first kappa shape index (κ1) is 26.9. The molecule has 1 aromatic heterocycles. The molecule has 0 aliphatic carbocycles. The van der Waals surface area contributed by atoms with Gasteiger partial charge < -0.3 is 19.1 Å². The van der Waals surface area contributed by atoms with Gasteiger partial charge in [-0.05, 0) is 37.1 Å². The number of rotatable bonds is 3. The highest BCUT2D eigenvalue weighted by atomic mass is 32.2. The second-order valence-corrected chi connectivity index (χ2v) is 11.0. The minimum absolute atomic E-state index is 0.131. The largest absolute Gasteiger partial charge is 0.514 e. The number of hydrogen-bond acceptors (Lipinski definition) is 8. The Hall–Kier alpha value is -4.32. The Bertz CT molecular complexity index is 1660. The molecule has 41 heavy (non-hydrogen) atoms. The molecule has 0 spiro atoms. The summed E-state index contributed by atoms with van der Waals surface area (Å²) in [6, 6.07) is 10.4. The SMILES string of the molecule is C=C1OCCN2C(=O)c3c(OC(=O)OC(C)C)c(=O)ccn3N([C@@H]3c4ccccc4SCc4c3ccc(F)c4F)[C@H]12. The number of ether oxygens (including phenoxy) is 3. The van der Waals surface area contributed by atoms with Crippen molar-refractivity contribution in [2.75, 3.05) is 18.2 Å². The Balaban J connectivity index is 1.64. The Morgan fingerprint density at radius 3 is 2.68 bits per heavy atom. The standard InChI is InChI=1S/C29H25F2N3O6S/c1-15(2)39-29(37)40-26-21(35)10-11-33-25(26)28(36)32-12-13-38-16(3)27(32)34(33)24-17-8-9-20(30)23(31)19(17)14-41-22-7-5-4-6-18(22)24/h4-11,15,24,27H,3,12-14H2,1-2H3/t24-,27+/m0/s1. The Morgan fingerprint density at radius 2 is 1.90 bits per heavy atom. The molecule has 3 aliphatic heterocycles. The number of hydrogen-bond donors (Lipinski definition) is 0. The van der Waals surface area contributed by atoms with E-state index in [1.165, 1.54) is 33.6 Å². The van der Waals surface area contributed by atoms with Crippen molar-refractivity contribution in [1.82, 2.24) is 9.58 Å². The quantitative estimate of drug-likeness (QED) is 0.411. The molecule has 4 heterocycles. The van der Waals surface area contributed by atoms with E-state index in [2.05, 4.69) is 6.58 Å². The molecular weight excluding hydrogens is 556 g/mol. The molecular formula is C29H25F2N3O6S. The number of morpholine rings is 1. The lowest BCUT2D eigenvalue weighted by atomic mass is 9.93. The minimum atomic E-state index is -1.14. The van der Waals surface area contributed by atoms with Crippen LogP contribution in [0, 0.1) is 11.6 Å². The molecule has 212 valence electrons. The van der Waals surface area contributed by atoms with Crippen molar-refractivity contribution in [2.24, 2.45) is 0 Å². The van der Waals surface area contributed by atoms with E-state index < -0.39 is 53.2 Å². The highest BCUT2D eigenvalue weighted by Gasteiger charge is 2.48. The fourth-order valence-electron chi connectivity index (χ4n) is 5.41. The molecule has 0 saturated carbocycles. The van der Waals surface area contributed by atoms with E-state index in [4.69, 9.17) is 14.2 Å². The molecule has 1 fully saturated rings. The van der Waals surface area contributed by atoms with Crippen LogP contribution in [0.4, 0.5) is 13.6 Å². The summed E-state index contributed by atoms with van der Waals surface area (Å²) >= 11 is 1.36. The molecule has 2 atom stereocenters. The molecule has 0 N–H and O–H groups in total. The fourth-order valence-corrected chi connectivity index (χ4v) is 6.53. The molecule has 0 bridgehead atoms. The van der Waals surface area contributed by atoms with E-state index in [1.807, 2.05) is 24.3 Å². The number of benzene rings is 2. The summed E-state index contributed by atoms with van der Waals surface area (Å²) < 4.78 is 47.4. The fraction of sp³-hybridized carbons (Fsp3) is 0.276. The third kappa shape index (κ3) is 4.42. The second-order valence-electron chi connectivity index (χ2n) is 9.95. The van der Waals surface area contributed by atoms with Crippen LogP contribution in [0.5, 0.6) is 5.75 Å². The van der Waals surface area contributed by atoms with Gasteiger partial charge in [-0.1, -0.05) is 30.8 Å². The third-order valence-corrected chi connectivity index (χ3v) is 8.21. The zero-order valence-electron chi connectivity index (χ0n) is 22.1. The number of halogens is 2. The van der Waals surface area contributed by atoms with Crippen LogP contribution in [0.1, 0.15) is 47.1 Å². The van der Waals surface area contributed by atoms with Gasteiger partial charge in [0.25, 0.3) is 5.91 Å². The van der Waals surface area contributed by atoms with Crippen molar-refractivity contribution in [3.8, 4) is 5.75 Å². The number of carbonyl (C=O) groups excluding carboxylic acids is 2. The van der Waals surface area contributed by atoms with Gasteiger partial charge in [-0.3, -0.25) is 19.3 Å². The second kappa shape index (κ2) is 10.3. The van der Waals surface area contributed by atoms with Gasteiger partial charge in [0.1, 0.15) is 12.4 Å². The summed E-state index contributed by atoms with van der Waals surface area (Å²) in [6.07, 6.45) is -1.19. The third-order valence-electron chi connectivity index (χ3n) is 7.10. The van der Waals surface area contributed by atoms with Crippen molar-refractivity contribution in [3.63, 3.8) is 0 Å². The number of aromatic nitrogens is 1. The van der Waals surface area contributed by atoms with E-state index in [1.54, 1.807) is 18.9 Å². The van der Waals surface area contributed by atoms with E-state index >= 15 is 4.39 Å². The summed E-state index contributed by atoms with van der Waals surface area (Å²) in [5, 5.41) is 1.72. The molecule has 3 aromatic rings. The molecule has 0 unspecified atom stereocenters. The first-order valence-corrected chi connectivity index (χ1v) is 13.9. The molecule has 1 amide bonds. The maximum Gasteiger partial charge on any atom is 0.514 e. The van der Waals surface area contributed by atoms with Gasteiger partial charge in [-0.25, -0.2) is 13.6 Å². The van der Waals surface area contributed by atoms with E-state index in [-0.39, 0.29) is 35.9 Å². The number of thioether (sulfide) groups is 1. The van der Waals surface area contributed by atoms with Crippen LogP contribution in [-0.4, -0.2) is 47.1 Å². The highest BCUT2D eigenvalue weighted by Crippen LogP contribution is 2.46. The Labute approximate surface area is 237 Å². The lowest BCUT2D eigenvalue weighted by Gasteiger charge is -2.51. The summed E-state index contributed by atoms with van der Waals surface area (Å²) in [5.74, 6) is -2.63. The normalized spacial score (nSPS) is 19.4. The van der Waals surface area contributed by atoms with Crippen LogP contribution in [0.15, 0.2) is 70.7 Å². The number of pyridine rings is 1. The maximum absolute atomic E-state index is 15.3. The van der Waals surface area contributed by atoms with Gasteiger partial charge in [-0.15, -0.1) is 11.8 Å². The van der Waals surface area contributed by atoms with Crippen LogP contribution in [0.2, 0.25) is 0 Å². The molecule has 2 aromatic carbocycles. The zero-order valence-corrected chi connectivity index (χ0v) is 23.0. The number of nitrogens with zero attached hydrogens (tertiary/aromatic N) is 3. The van der Waals surface area contributed by atoms with Gasteiger partial charge in [0.05, 0.1) is 18.7 Å². The Kier molecular flexibility index (Phi) is 6.72. The monoisotopic (exact) mass is 581 g/mol. The van der Waals surface area contributed by atoms with Gasteiger partial charge in [0.2, 0.25) is 11.2 Å². The Morgan fingerprint density at radius 1 is 1.12 bits per heavy atom. The molecule has 6 rings (SSSR count). The predicted octanol–water partition coefficient (Wildman–Crippen LogP) is 4.71. The van der Waals surface area contributed by atoms with E-state index in [0.717, 1.165) is 22.6 Å². The van der Waals surface area contributed by atoms with Crippen LogP contribution in [0.25, 0.3) is 0 Å². The predicted molar refractivity (Wildman–Crippen MR) is 145 cm³/mol. The van der Waals surface area contributed by atoms with Crippen molar-refractivity contribution in [3.05, 3.63) is 105 Å². The van der Waals surface area contributed by atoms with E-state index in [0.29, 0.717) is 5.56 Å². The number of carbonyl (C=O) groups is 2. The smallest absolute Gasteiger partial charge is 0.492 e. The maximum atomic E-state index is 15.3. The van der Waals surface area contributed by atoms with Crippen molar-refractivity contribution in [1.29, 1.82) is 0 Å².